The summed E-state index contributed by atoms with van der Waals surface area (Å²) in [6.45, 7) is 1.89. The van der Waals surface area contributed by atoms with Crippen LogP contribution in [0.15, 0.2) is 47.4 Å². The number of hydrogen-bond donors (Lipinski definition) is 0. The number of anilines is 1. The zero-order valence-electron chi connectivity index (χ0n) is 13.8. The number of carbonyl (C=O) groups is 1. The Morgan fingerprint density at radius 2 is 1.80 bits per heavy atom. The number of carbonyl (C=O) groups excluding carboxylic acids is 1. The van der Waals surface area contributed by atoms with Gasteiger partial charge in [0.15, 0.2) is 0 Å². The number of nitrogens with zero attached hydrogens (tertiary/aromatic N) is 4. The van der Waals surface area contributed by atoms with Gasteiger partial charge in [-0.2, -0.15) is 0 Å². The second-order valence-electron chi connectivity index (χ2n) is 5.89. The van der Waals surface area contributed by atoms with Crippen molar-refractivity contribution in [1.29, 1.82) is 0 Å². The Morgan fingerprint density at radius 1 is 1.12 bits per heavy atom. The average molecular weight is 342 g/mol. The number of hydrogen-bond acceptors (Lipinski definition) is 5. The summed E-state index contributed by atoms with van der Waals surface area (Å²) in [5.41, 5.74) is 0.758. The number of nitro benzene ring substituents is 1. The van der Waals surface area contributed by atoms with Crippen LogP contribution < -0.4 is 10.5 Å². The van der Waals surface area contributed by atoms with Crippen LogP contribution in [0.1, 0.15) is 10.4 Å². The highest BCUT2D eigenvalue weighted by Gasteiger charge is 2.26. The van der Waals surface area contributed by atoms with Gasteiger partial charge >= 0.3 is 0 Å². The predicted molar refractivity (Wildman–Crippen MR) is 92.9 cm³/mol. The van der Waals surface area contributed by atoms with Crippen LogP contribution >= 0.6 is 0 Å². The van der Waals surface area contributed by atoms with E-state index in [9.17, 15) is 19.7 Å². The summed E-state index contributed by atoms with van der Waals surface area (Å²) in [6.07, 6.45) is 1.57. The van der Waals surface area contributed by atoms with Gasteiger partial charge in [0, 0.05) is 57.1 Å². The van der Waals surface area contributed by atoms with E-state index < -0.39 is 4.92 Å². The van der Waals surface area contributed by atoms with Crippen LogP contribution in [0.2, 0.25) is 0 Å². The molecule has 0 unspecified atom stereocenters. The van der Waals surface area contributed by atoms with E-state index in [1.165, 1.54) is 16.7 Å². The zero-order chi connectivity index (χ0) is 18.0. The van der Waals surface area contributed by atoms with E-state index in [-0.39, 0.29) is 17.2 Å². The van der Waals surface area contributed by atoms with Crippen molar-refractivity contribution in [3.05, 3.63) is 68.6 Å². The second kappa shape index (κ2) is 6.76. The monoisotopic (exact) mass is 342 g/mol. The van der Waals surface area contributed by atoms with Gasteiger partial charge in [0.05, 0.1) is 4.92 Å². The summed E-state index contributed by atoms with van der Waals surface area (Å²) >= 11 is 0. The number of rotatable bonds is 3. The fraction of sp³-hybridized carbons (Fsp3) is 0.294. The first-order chi connectivity index (χ1) is 12.0. The summed E-state index contributed by atoms with van der Waals surface area (Å²) in [5, 5.41) is 11.2. The Balaban J connectivity index is 1.72. The van der Waals surface area contributed by atoms with E-state index in [1.54, 1.807) is 42.4 Å². The summed E-state index contributed by atoms with van der Waals surface area (Å²) < 4.78 is 1.41. The van der Waals surface area contributed by atoms with E-state index in [1.807, 2.05) is 4.90 Å². The minimum Gasteiger partial charge on any atom is -0.362 e. The van der Waals surface area contributed by atoms with Gasteiger partial charge in [0.25, 0.3) is 17.2 Å². The number of pyridine rings is 1. The Morgan fingerprint density at radius 3 is 2.44 bits per heavy atom. The van der Waals surface area contributed by atoms with Gasteiger partial charge in [-0.1, -0.05) is 12.1 Å². The third kappa shape index (κ3) is 3.37. The maximum Gasteiger partial charge on any atom is 0.292 e. The van der Waals surface area contributed by atoms with Crippen molar-refractivity contribution >= 4 is 17.3 Å². The molecule has 1 aromatic carbocycles. The molecule has 1 saturated heterocycles. The molecule has 25 heavy (non-hydrogen) atoms. The average Bonchev–Trinajstić information content (AvgIpc) is 2.63. The van der Waals surface area contributed by atoms with Crippen molar-refractivity contribution < 1.29 is 9.72 Å². The Labute approximate surface area is 144 Å². The van der Waals surface area contributed by atoms with Crippen molar-refractivity contribution in [3.63, 3.8) is 0 Å². The van der Waals surface area contributed by atoms with Gasteiger partial charge in [-0.15, -0.1) is 0 Å². The number of benzene rings is 1. The molecule has 0 radical (unpaired) electrons. The molecule has 0 spiro atoms. The summed E-state index contributed by atoms with van der Waals surface area (Å²) in [6, 6.07) is 9.55. The summed E-state index contributed by atoms with van der Waals surface area (Å²) in [5.74, 6) is -0.195. The molecule has 1 aliphatic heterocycles. The third-order valence-electron chi connectivity index (χ3n) is 4.34. The van der Waals surface area contributed by atoms with Gasteiger partial charge in [-0.3, -0.25) is 19.7 Å². The zero-order valence-corrected chi connectivity index (χ0v) is 13.8. The van der Waals surface area contributed by atoms with Crippen LogP contribution in [0.5, 0.6) is 0 Å². The van der Waals surface area contributed by atoms with Gasteiger partial charge in [0.1, 0.15) is 5.69 Å². The van der Waals surface area contributed by atoms with Crippen LogP contribution in [0.25, 0.3) is 0 Å². The summed E-state index contributed by atoms with van der Waals surface area (Å²) in [7, 11) is 1.63. The molecule has 0 saturated carbocycles. The maximum absolute atomic E-state index is 12.5. The lowest BCUT2D eigenvalue weighted by Crippen LogP contribution is -2.49. The maximum atomic E-state index is 12.5. The third-order valence-corrected chi connectivity index (χ3v) is 4.34. The lowest BCUT2D eigenvalue weighted by atomic mass is 10.2. The molecule has 1 aliphatic rings. The van der Waals surface area contributed by atoms with Crippen molar-refractivity contribution in [3.8, 4) is 0 Å². The molecular formula is C17H18N4O4. The smallest absolute Gasteiger partial charge is 0.292 e. The van der Waals surface area contributed by atoms with Crippen LogP contribution in [-0.4, -0.2) is 46.5 Å². The first kappa shape index (κ1) is 16.7. The van der Waals surface area contributed by atoms with Crippen LogP contribution in [-0.2, 0) is 7.05 Å². The van der Waals surface area contributed by atoms with Gasteiger partial charge in [-0.05, 0) is 12.1 Å². The first-order valence-corrected chi connectivity index (χ1v) is 7.91. The second-order valence-corrected chi connectivity index (χ2v) is 5.89. The van der Waals surface area contributed by atoms with Gasteiger partial charge < -0.3 is 14.4 Å². The Hall–Kier alpha value is -3.16. The van der Waals surface area contributed by atoms with E-state index in [0.717, 1.165) is 0 Å². The lowest BCUT2D eigenvalue weighted by molar-refractivity contribution is -0.384. The molecule has 1 amide bonds. The molecule has 130 valence electrons. The van der Waals surface area contributed by atoms with E-state index >= 15 is 0 Å². The molecular weight excluding hydrogens is 324 g/mol. The first-order valence-electron chi connectivity index (χ1n) is 7.91. The highest BCUT2D eigenvalue weighted by molar-refractivity contribution is 5.94. The molecule has 0 bridgehead atoms. The molecule has 1 aromatic heterocycles. The standard InChI is InChI=1S/C17H18N4O4/c1-18-7-6-13(12-16(18)22)17(23)20-10-8-19(9-11-20)14-4-2-3-5-15(14)21(24)25/h2-7,12H,8-11H2,1H3. The van der Waals surface area contributed by atoms with E-state index in [0.29, 0.717) is 37.4 Å². The van der Waals surface area contributed by atoms with Crippen LogP contribution in [0.3, 0.4) is 0 Å². The van der Waals surface area contributed by atoms with E-state index in [4.69, 9.17) is 0 Å². The van der Waals surface area contributed by atoms with E-state index in [2.05, 4.69) is 0 Å². The Bertz CT molecular complexity index is 869. The highest BCUT2D eigenvalue weighted by Crippen LogP contribution is 2.28. The predicted octanol–water partition coefficient (Wildman–Crippen LogP) is 1.26. The van der Waals surface area contributed by atoms with Crippen molar-refractivity contribution in [2.45, 2.75) is 0 Å². The molecule has 0 aliphatic carbocycles. The number of aromatic nitrogens is 1. The van der Waals surface area contributed by atoms with Crippen molar-refractivity contribution in [1.82, 2.24) is 9.47 Å². The molecule has 1 fully saturated rings. The van der Waals surface area contributed by atoms with Gasteiger partial charge in [0.2, 0.25) is 0 Å². The number of para-hydroxylation sites is 2. The number of piperazine rings is 1. The minimum absolute atomic E-state index is 0.0637. The SMILES string of the molecule is Cn1ccc(C(=O)N2CCN(c3ccccc3[N+](=O)[O-])CC2)cc1=O. The van der Waals surface area contributed by atoms with Crippen molar-refractivity contribution in [2.75, 3.05) is 31.1 Å². The van der Waals surface area contributed by atoms with Crippen LogP contribution in [0.4, 0.5) is 11.4 Å². The quantitative estimate of drug-likeness (QED) is 0.619. The largest absolute Gasteiger partial charge is 0.362 e. The Kier molecular flexibility index (Phi) is 4.51. The number of aryl methyl sites for hydroxylation is 1. The fourth-order valence-electron chi connectivity index (χ4n) is 2.90. The van der Waals surface area contributed by atoms with Crippen molar-refractivity contribution in [2.24, 2.45) is 7.05 Å². The topological polar surface area (TPSA) is 88.7 Å². The molecule has 3 rings (SSSR count). The normalized spacial score (nSPS) is 14.4. The summed E-state index contributed by atoms with van der Waals surface area (Å²) in [4.78, 5) is 38.6. The van der Waals surface area contributed by atoms with Gasteiger partial charge in [-0.25, -0.2) is 0 Å². The molecule has 2 heterocycles. The number of nitro groups is 1. The fourth-order valence-corrected chi connectivity index (χ4v) is 2.90. The molecule has 2 aromatic rings. The molecule has 0 N–H and O–H groups in total. The minimum atomic E-state index is -0.396. The lowest BCUT2D eigenvalue weighted by Gasteiger charge is -2.35. The molecule has 8 heteroatoms. The molecule has 8 nitrogen and oxygen atoms in total. The molecule has 0 atom stereocenters. The van der Waals surface area contributed by atoms with Crippen LogP contribution in [0, 0.1) is 10.1 Å². The number of amides is 1. The highest BCUT2D eigenvalue weighted by atomic mass is 16.6.